The molecule has 0 bridgehead atoms. The molecule has 1 aromatic heterocycles. The summed E-state index contributed by atoms with van der Waals surface area (Å²) in [6.45, 7) is 5.27. The van der Waals surface area contributed by atoms with E-state index in [9.17, 15) is 5.11 Å². The van der Waals surface area contributed by atoms with E-state index in [0.29, 0.717) is 12.6 Å². The largest absolute Gasteiger partial charge is 0.387 e. The molecule has 0 spiro atoms. The molecule has 1 unspecified atom stereocenters. The Labute approximate surface area is 102 Å². The maximum Gasteiger partial charge on any atom is 0.0922 e. The highest BCUT2D eigenvalue weighted by Crippen LogP contribution is 2.33. The molecule has 2 nitrogen and oxygen atoms in total. The quantitative estimate of drug-likeness (QED) is 0.828. The van der Waals surface area contributed by atoms with Crippen molar-refractivity contribution in [1.82, 2.24) is 5.32 Å². The van der Waals surface area contributed by atoms with E-state index in [1.165, 1.54) is 12.8 Å². The second kappa shape index (κ2) is 5.30. The highest BCUT2D eigenvalue weighted by Gasteiger charge is 2.30. The number of hydrogen-bond acceptors (Lipinski definition) is 3. The predicted molar refractivity (Wildman–Crippen MR) is 68.6 cm³/mol. The van der Waals surface area contributed by atoms with Crippen LogP contribution in [0, 0.1) is 11.8 Å². The van der Waals surface area contributed by atoms with Crippen LogP contribution in [-0.4, -0.2) is 17.7 Å². The molecule has 0 aromatic carbocycles. The minimum absolute atomic E-state index is 0.343. The first-order valence-electron chi connectivity index (χ1n) is 6.10. The summed E-state index contributed by atoms with van der Waals surface area (Å²) in [7, 11) is 0. The molecule has 1 saturated carbocycles. The van der Waals surface area contributed by atoms with E-state index in [1.807, 2.05) is 16.8 Å². The topological polar surface area (TPSA) is 32.3 Å². The molecular weight excluding hydrogens is 218 g/mol. The lowest BCUT2D eigenvalue weighted by Crippen LogP contribution is -2.44. The molecule has 3 heteroatoms. The van der Waals surface area contributed by atoms with Gasteiger partial charge in [-0.2, -0.15) is 11.3 Å². The normalized spacial score (nSPS) is 26.8. The van der Waals surface area contributed by atoms with Crippen molar-refractivity contribution in [2.45, 2.75) is 38.8 Å². The Kier molecular flexibility index (Phi) is 4.00. The van der Waals surface area contributed by atoms with Gasteiger partial charge in [0.25, 0.3) is 0 Å². The second-order valence-electron chi connectivity index (χ2n) is 5.15. The van der Waals surface area contributed by atoms with Crippen molar-refractivity contribution in [3.63, 3.8) is 0 Å². The number of rotatable bonds is 5. The average Bonchev–Trinajstić information content (AvgIpc) is 2.66. The first-order valence-corrected chi connectivity index (χ1v) is 7.04. The van der Waals surface area contributed by atoms with Crippen LogP contribution in [0.1, 0.15) is 38.4 Å². The van der Waals surface area contributed by atoms with Gasteiger partial charge in [0.1, 0.15) is 0 Å². The van der Waals surface area contributed by atoms with Gasteiger partial charge < -0.3 is 10.4 Å². The van der Waals surface area contributed by atoms with Gasteiger partial charge in [-0.05, 0) is 47.1 Å². The molecule has 90 valence electrons. The Morgan fingerprint density at radius 2 is 2.25 bits per heavy atom. The first kappa shape index (κ1) is 12.1. The monoisotopic (exact) mass is 239 g/mol. The molecular formula is C13H21NOS. The van der Waals surface area contributed by atoms with Crippen LogP contribution in [0.2, 0.25) is 0 Å². The summed E-state index contributed by atoms with van der Waals surface area (Å²) < 4.78 is 0. The highest BCUT2D eigenvalue weighted by atomic mass is 32.1. The van der Waals surface area contributed by atoms with Crippen molar-refractivity contribution in [1.29, 1.82) is 0 Å². The SMILES string of the molecule is CC(C)C1CC(NCC(O)c2ccsc2)C1. The summed E-state index contributed by atoms with van der Waals surface area (Å²) in [4.78, 5) is 0. The first-order chi connectivity index (χ1) is 7.66. The van der Waals surface area contributed by atoms with E-state index in [2.05, 4.69) is 19.2 Å². The standard InChI is InChI=1S/C13H21NOS/c1-9(2)11-5-12(6-11)14-7-13(15)10-3-4-16-8-10/h3-4,8-9,11-15H,5-7H2,1-2H3. The van der Waals surface area contributed by atoms with Gasteiger partial charge in [-0.1, -0.05) is 13.8 Å². The minimum Gasteiger partial charge on any atom is -0.387 e. The lowest BCUT2D eigenvalue weighted by molar-refractivity contribution is 0.129. The van der Waals surface area contributed by atoms with E-state index >= 15 is 0 Å². The molecule has 0 aliphatic heterocycles. The Morgan fingerprint density at radius 3 is 2.81 bits per heavy atom. The lowest BCUT2D eigenvalue weighted by Gasteiger charge is -2.39. The molecule has 0 saturated heterocycles. The fourth-order valence-corrected chi connectivity index (χ4v) is 2.94. The summed E-state index contributed by atoms with van der Waals surface area (Å²) >= 11 is 1.64. The van der Waals surface area contributed by atoms with E-state index in [1.54, 1.807) is 11.3 Å². The number of aliphatic hydroxyl groups is 1. The molecule has 2 N–H and O–H groups in total. The molecule has 1 atom stereocenters. The van der Waals surface area contributed by atoms with Gasteiger partial charge >= 0.3 is 0 Å². The molecule has 1 fully saturated rings. The molecule has 1 aliphatic rings. The van der Waals surface area contributed by atoms with Crippen LogP contribution >= 0.6 is 11.3 Å². The molecule has 1 aromatic rings. The predicted octanol–water partition coefficient (Wildman–Crippen LogP) is 2.81. The zero-order valence-electron chi connectivity index (χ0n) is 10.0. The summed E-state index contributed by atoms with van der Waals surface area (Å²) in [6.07, 6.45) is 2.20. The zero-order chi connectivity index (χ0) is 11.5. The second-order valence-corrected chi connectivity index (χ2v) is 5.93. The minimum atomic E-state index is -0.343. The fraction of sp³-hybridized carbons (Fsp3) is 0.692. The van der Waals surface area contributed by atoms with Crippen molar-refractivity contribution in [3.05, 3.63) is 22.4 Å². The van der Waals surface area contributed by atoms with Gasteiger partial charge in [0.15, 0.2) is 0 Å². The summed E-state index contributed by atoms with van der Waals surface area (Å²) in [6, 6.07) is 2.62. The van der Waals surface area contributed by atoms with Gasteiger partial charge in [0.05, 0.1) is 6.10 Å². The molecule has 1 aliphatic carbocycles. The molecule has 0 radical (unpaired) electrons. The Morgan fingerprint density at radius 1 is 1.50 bits per heavy atom. The van der Waals surface area contributed by atoms with Crippen molar-refractivity contribution >= 4 is 11.3 Å². The van der Waals surface area contributed by atoms with Crippen LogP contribution in [0.15, 0.2) is 16.8 Å². The maximum atomic E-state index is 9.90. The van der Waals surface area contributed by atoms with E-state index < -0.39 is 0 Å². The van der Waals surface area contributed by atoms with Crippen LogP contribution in [0.3, 0.4) is 0 Å². The number of thiophene rings is 1. The third-order valence-electron chi connectivity index (χ3n) is 3.65. The summed E-state index contributed by atoms with van der Waals surface area (Å²) in [5.41, 5.74) is 1.04. The van der Waals surface area contributed by atoms with Crippen LogP contribution in [0.5, 0.6) is 0 Å². The van der Waals surface area contributed by atoms with Gasteiger partial charge in [0, 0.05) is 12.6 Å². The van der Waals surface area contributed by atoms with Crippen molar-refractivity contribution < 1.29 is 5.11 Å². The Bertz CT molecular complexity index is 304. The molecule has 1 heterocycles. The number of nitrogens with one attached hydrogen (secondary N) is 1. The lowest BCUT2D eigenvalue weighted by atomic mass is 9.73. The smallest absolute Gasteiger partial charge is 0.0922 e. The molecule has 0 amide bonds. The van der Waals surface area contributed by atoms with Crippen LogP contribution in [0.4, 0.5) is 0 Å². The van der Waals surface area contributed by atoms with E-state index in [4.69, 9.17) is 0 Å². The molecule has 2 rings (SSSR count). The van der Waals surface area contributed by atoms with Crippen molar-refractivity contribution in [3.8, 4) is 0 Å². The zero-order valence-corrected chi connectivity index (χ0v) is 10.8. The van der Waals surface area contributed by atoms with Crippen molar-refractivity contribution in [2.75, 3.05) is 6.54 Å². The highest BCUT2D eigenvalue weighted by molar-refractivity contribution is 7.07. The fourth-order valence-electron chi connectivity index (χ4n) is 2.23. The van der Waals surface area contributed by atoms with Crippen LogP contribution < -0.4 is 5.32 Å². The number of aliphatic hydroxyl groups excluding tert-OH is 1. The number of hydrogen-bond donors (Lipinski definition) is 2. The summed E-state index contributed by atoms with van der Waals surface area (Å²) in [5.74, 6) is 1.69. The third kappa shape index (κ3) is 2.84. The van der Waals surface area contributed by atoms with Gasteiger partial charge in [-0.15, -0.1) is 0 Å². The average molecular weight is 239 g/mol. The van der Waals surface area contributed by atoms with E-state index in [-0.39, 0.29) is 6.10 Å². The van der Waals surface area contributed by atoms with Crippen LogP contribution in [-0.2, 0) is 0 Å². The maximum absolute atomic E-state index is 9.90. The van der Waals surface area contributed by atoms with Crippen LogP contribution in [0.25, 0.3) is 0 Å². The van der Waals surface area contributed by atoms with E-state index in [0.717, 1.165) is 17.4 Å². The Balaban J connectivity index is 1.66. The third-order valence-corrected chi connectivity index (χ3v) is 4.35. The molecule has 16 heavy (non-hydrogen) atoms. The van der Waals surface area contributed by atoms with Gasteiger partial charge in [-0.25, -0.2) is 0 Å². The van der Waals surface area contributed by atoms with Crippen molar-refractivity contribution in [2.24, 2.45) is 11.8 Å². The van der Waals surface area contributed by atoms with Gasteiger partial charge in [-0.3, -0.25) is 0 Å². The summed E-state index contributed by atoms with van der Waals surface area (Å²) in [5, 5.41) is 17.4. The Hall–Kier alpha value is -0.380. The van der Waals surface area contributed by atoms with Gasteiger partial charge in [0.2, 0.25) is 0 Å².